The van der Waals surface area contributed by atoms with E-state index in [-0.39, 0.29) is 12.0 Å². The number of benzene rings is 2. The summed E-state index contributed by atoms with van der Waals surface area (Å²) in [6, 6.07) is 13.4. The van der Waals surface area contributed by atoms with Gasteiger partial charge in [0, 0.05) is 22.4 Å². The van der Waals surface area contributed by atoms with Gasteiger partial charge in [0.05, 0.1) is 12.0 Å². The molecule has 2 aromatic heterocycles. The van der Waals surface area contributed by atoms with Crippen LogP contribution in [0.5, 0.6) is 0 Å². The summed E-state index contributed by atoms with van der Waals surface area (Å²) >= 11 is 0. The van der Waals surface area contributed by atoms with Crippen LogP contribution >= 0.6 is 0 Å². The Labute approximate surface area is 170 Å². The first kappa shape index (κ1) is 19.4. The summed E-state index contributed by atoms with van der Waals surface area (Å²) in [7, 11) is 0. The molecule has 0 atom stereocenters. The molecule has 152 valence electrons. The molecule has 1 amide bonds. The van der Waals surface area contributed by atoms with Crippen molar-refractivity contribution in [3.05, 3.63) is 69.8 Å². The van der Waals surface area contributed by atoms with E-state index in [4.69, 9.17) is 13.9 Å². The normalized spacial score (nSPS) is 11.1. The van der Waals surface area contributed by atoms with Crippen LogP contribution in [-0.4, -0.2) is 23.5 Å². The maximum absolute atomic E-state index is 12.5. The van der Waals surface area contributed by atoms with Gasteiger partial charge in [0.15, 0.2) is 0 Å². The number of aliphatic carboxylic acids is 1. The van der Waals surface area contributed by atoms with Gasteiger partial charge in [0.1, 0.15) is 23.5 Å². The lowest BCUT2D eigenvalue weighted by molar-refractivity contribution is -0.137. The second kappa shape index (κ2) is 7.51. The van der Waals surface area contributed by atoms with Gasteiger partial charge in [-0.25, -0.2) is 4.79 Å². The van der Waals surface area contributed by atoms with Gasteiger partial charge >= 0.3 is 11.6 Å². The van der Waals surface area contributed by atoms with Crippen LogP contribution in [0.25, 0.3) is 33.1 Å². The van der Waals surface area contributed by atoms with E-state index in [2.05, 4.69) is 5.32 Å². The van der Waals surface area contributed by atoms with E-state index in [1.54, 1.807) is 13.0 Å². The van der Waals surface area contributed by atoms with Crippen LogP contribution in [0.4, 0.5) is 0 Å². The monoisotopic (exact) mass is 405 g/mol. The van der Waals surface area contributed by atoms with Crippen molar-refractivity contribution in [2.75, 3.05) is 6.54 Å². The van der Waals surface area contributed by atoms with Crippen molar-refractivity contribution < 1.29 is 23.5 Å². The maximum Gasteiger partial charge on any atom is 0.340 e. The van der Waals surface area contributed by atoms with Crippen LogP contribution in [0, 0.1) is 13.8 Å². The summed E-state index contributed by atoms with van der Waals surface area (Å²) < 4.78 is 11.4. The van der Waals surface area contributed by atoms with E-state index < -0.39 is 24.0 Å². The quantitative estimate of drug-likeness (QED) is 0.491. The molecular weight excluding hydrogens is 386 g/mol. The van der Waals surface area contributed by atoms with Gasteiger partial charge in [0.2, 0.25) is 5.91 Å². The maximum atomic E-state index is 12.5. The van der Waals surface area contributed by atoms with Crippen molar-refractivity contribution in [2.45, 2.75) is 20.3 Å². The van der Waals surface area contributed by atoms with Crippen LogP contribution in [0.2, 0.25) is 0 Å². The molecule has 2 heterocycles. The highest BCUT2D eigenvalue weighted by atomic mass is 16.4. The fraction of sp³-hybridized carbons (Fsp3) is 0.174. The van der Waals surface area contributed by atoms with Crippen molar-refractivity contribution in [2.24, 2.45) is 0 Å². The number of amides is 1. The molecule has 4 rings (SSSR count). The highest BCUT2D eigenvalue weighted by Gasteiger charge is 2.19. The lowest BCUT2D eigenvalue weighted by atomic mass is 9.98. The van der Waals surface area contributed by atoms with Crippen molar-refractivity contribution in [3.8, 4) is 11.1 Å². The minimum atomic E-state index is -1.16. The number of nitrogens with one attached hydrogen (secondary N) is 1. The largest absolute Gasteiger partial charge is 0.480 e. The zero-order chi connectivity index (χ0) is 21.4. The molecule has 4 aromatic rings. The predicted molar refractivity (Wildman–Crippen MR) is 112 cm³/mol. The van der Waals surface area contributed by atoms with E-state index in [0.717, 1.165) is 22.3 Å². The molecule has 0 aliphatic carbocycles. The molecule has 0 bridgehead atoms. The summed E-state index contributed by atoms with van der Waals surface area (Å²) in [5, 5.41) is 12.5. The summed E-state index contributed by atoms with van der Waals surface area (Å²) in [5.41, 5.74) is 3.13. The van der Waals surface area contributed by atoms with Crippen molar-refractivity contribution in [1.29, 1.82) is 0 Å². The summed E-state index contributed by atoms with van der Waals surface area (Å²) in [5.74, 6) is -0.964. The fourth-order valence-corrected chi connectivity index (χ4v) is 3.67. The topological polar surface area (TPSA) is 110 Å². The molecule has 7 nitrogen and oxygen atoms in total. The van der Waals surface area contributed by atoms with Crippen LogP contribution in [0.1, 0.15) is 16.9 Å². The predicted octanol–water partition coefficient (Wildman–Crippen LogP) is 3.57. The number of carbonyl (C=O) groups is 2. The first-order valence-electron chi connectivity index (χ1n) is 9.38. The van der Waals surface area contributed by atoms with Crippen LogP contribution in [0.3, 0.4) is 0 Å². The van der Waals surface area contributed by atoms with E-state index in [9.17, 15) is 14.4 Å². The Bertz CT molecular complexity index is 1350. The first-order valence-corrected chi connectivity index (χ1v) is 9.38. The molecule has 7 heteroatoms. The van der Waals surface area contributed by atoms with Crippen molar-refractivity contribution >= 4 is 33.8 Å². The third kappa shape index (κ3) is 3.45. The Morgan fingerprint density at radius 3 is 2.40 bits per heavy atom. The zero-order valence-electron chi connectivity index (χ0n) is 16.4. The summed E-state index contributed by atoms with van der Waals surface area (Å²) in [6.07, 6.45) is -0.259. The third-order valence-corrected chi connectivity index (χ3v) is 5.11. The Morgan fingerprint density at radius 1 is 1.00 bits per heavy atom. The van der Waals surface area contributed by atoms with Crippen molar-refractivity contribution in [3.63, 3.8) is 0 Å². The second-order valence-electron chi connectivity index (χ2n) is 7.08. The number of carboxylic acid groups (broad SMARTS) is 1. The molecule has 0 fully saturated rings. The van der Waals surface area contributed by atoms with Gasteiger partial charge in [-0.2, -0.15) is 0 Å². The van der Waals surface area contributed by atoms with E-state index >= 15 is 0 Å². The SMILES string of the molecule is Cc1oc2cc3oc(=O)c(CC(=O)NCC(=O)O)c(C)c3cc2c1-c1ccccc1. The molecule has 0 radical (unpaired) electrons. The van der Waals surface area contributed by atoms with Crippen LogP contribution in [-0.2, 0) is 16.0 Å². The minimum absolute atomic E-state index is 0.200. The molecule has 0 aliphatic rings. The molecule has 0 saturated carbocycles. The highest BCUT2D eigenvalue weighted by Crippen LogP contribution is 2.37. The van der Waals surface area contributed by atoms with Gasteiger partial charge in [-0.15, -0.1) is 0 Å². The molecule has 2 aromatic carbocycles. The molecule has 30 heavy (non-hydrogen) atoms. The number of hydrogen-bond donors (Lipinski definition) is 2. The Kier molecular flexibility index (Phi) is 4.87. The minimum Gasteiger partial charge on any atom is -0.480 e. The van der Waals surface area contributed by atoms with E-state index in [1.807, 2.05) is 43.3 Å². The Morgan fingerprint density at radius 2 is 1.70 bits per heavy atom. The van der Waals surface area contributed by atoms with Crippen molar-refractivity contribution in [1.82, 2.24) is 5.32 Å². The Balaban J connectivity index is 1.85. The van der Waals surface area contributed by atoms with Gasteiger partial charge < -0.3 is 19.3 Å². The van der Waals surface area contributed by atoms with Crippen LogP contribution < -0.4 is 10.9 Å². The average Bonchev–Trinajstić information content (AvgIpc) is 3.03. The van der Waals surface area contributed by atoms with E-state index in [0.29, 0.717) is 22.1 Å². The van der Waals surface area contributed by atoms with Gasteiger partial charge in [0.25, 0.3) is 0 Å². The number of fused-ring (bicyclic) bond motifs is 2. The molecule has 0 saturated heterocycles. The van der Waals surface area contributed by atoms with Gasteiger partial charge in [-0.1, -0.05) is 30.3 Å². The molecule has 0 aliphatic heterocycles. The van der Waals surface area contributed by atoms with Gasteiger partial charge in [-0.05, 0) is 31.0 Å². The first-order chi connectivity index (χ1) is 14.3. The third-order valence-electron chi connectivity index (χ3n) is 5.11. The standard InChI is InChI=1S/C23H19NO6/c1-12-15-8-17-19(29-13(2)22(17)14-6-4-3-5-7-14)10-18(15)30-23(28)16(12)9-20(25)24-11-21(26)27/h3-8,10H,9,11H2,1-2H3,(H,24,25)(H,26,27). The summed E-state index contributed by atoms with van der Waals surface area (Å²) in [4.78, 5) is 35.1. The molecular formula is C23H19NO6. The van der Waals surface area contributed by atoms with Crippen LogP contribution in [0.15, 0.2) is 56.1 Å². The number of carbonyl (C=O) groups excluding carboxylic acids is 1. The average molecular weight is 405 g/mol. The molecule has 0 unspecified atom stereocenters. The number of aryl methyl sites for hydroxylation is 2. The zero-order valence-corrected chi connectivity index (χ0v) is 16.4. The van der Waals surface area contributed by atoms with E-state index in [1.165, 1.54) is 0 Å². The number of hydrogen-bond acceptors (Lipinski definition) is 5. The Hall–Kier alpha value is -3.87. The number of furan rings is 1. The highest BCUT2D eigenvalue weighted by molar-refractivity contribution is 6.03. The molecule has 2 N–H and O–H groups in total. The number of carboxylic acids is 1. The summed E-state index contributed by atoms with van der Waals surface area (Å²) in [6.45, 7) is 3.13. The smallest absolute Gasteiger partial charge is 0.340 e. The van der Waals surface area contributed by atoms with Gasteiger partial charge in [-0.3, -0.25) is 9.59 Å². The lowest BCUT2D eigenvalue weighted by Gasteiger charge is -2.08. The molecule has 0 spiro atoms. The second-order valence-corrected chi connectivity index (χ2v) is 7.08. The number of rotatable bonds is 5. The fourth-order valence-electron chi connectivity index (χ4n) is 3.67. The lowest BCUT2D eigenvalue weighted by Crippen LogP contribution is -2.32.